The summed E-state index contributed by atoms with van der Waals surface area (Å²) in [6.07, 6.45) is 3.73. The molecule has 0 spiro atoms. The smallest absolute Gasteiger partial charge is 0.264 e. The molecule has 0 radical (unpaired) electrons. The van der Waals surface area contributed by atoms with E-state index >= 15 is 0 Å². The number of nitrogens with zero attached hydrogens (tertiary/aromatic N) is 5. The Morgan fingerprint density at radius 2 is 2.04 bits per heavy atom. The van der Waals surface area contributed by atoms with E-state index in [0.717, 1.165) is 48.0 Å². The Balaban J connectivity index is 1.60. The van der Waals surface area contributed by atoms with E-state index in [9.17, 15) is 4.79 Å². The lowest BCUT2D eigenvalue weighted by molar-refractivity contribution is 0.476. The molecule has 2 N–H and O–H groups in total. The molecule has 28 heavy (non-hydrogen) atoms. The van der Waals surface area contributed by atoms with Gasteiger partial charge in [0, 0.05) is 37.1 Å². The maximum absolute atomic E-state index is 11.3. The van der Waals surface area contributed by atoms with Crippen LogP contribution < -0.4 is 10.9 Å². The molecule has 0 unspecified atom stereocenters. The zero-order chi connectivity index (χ0) is 19.1. The fraction of sp³-hybridized carbons (Fsp3) is 0.200. The van der Waals surface area contributed by atoms with Crippen LogP contribution in [0.3, 0.4) is 0 Å². The highest BCUT2D eigenvalue weighted by Crippen LogP contribution is 2.27. The second-order valence-corrected chi connectivity index (χ2v) is 6.85. The molecule has 4 aromatic rings. The van der Waals surface area contributed by atoms with Gasteiger partial charge >= 0.3 is 0 Å². The Hall–Kier alpha value is -3.52. The van der Waals surface area contributed by atoms with Gasteiger partial charge in [0.25, 0.3) is 5.56 Å². The number of rotatable bonds is 3. The Morgan fingerprint density at radius 3 is 2.86 bits per heavy atom. The number of aromatic amines is 1. The van der Waals surface area contributed by atoms with Crippen LogP contribution in [0.2, 0.25) is 0 Å². The van der Waals surface area contributed by atoms with Gasteiger partial charge in [-0.3, -0.25) is 14.0 Å². The van der Waals surface area contributed by atoms with E-state index in [1.54, 1.807) is 12.3 Å². The lowest BCUT2D eigenvalue weighted by Crippen LogP contribution is -2.28. The second-order valence-electron chi connectivity index (χ2n) is 6.85. The van der Waals surface area contributed by atoms with Crippen LogP contribution in [0.25, 0.3) is 28.5 Å². The number of fused-ring (bicyclic) bond motifs is 1. The number of H-pyrrole nitrogens is 1. The predicted molar refractivity (Wildman–Crippen MR) is 105 cm³/mol. The van der Waals surface area contributed by atoms with Gasteiger partial charge in [-0.15, -0.1) is 0 Å². The van der Waals surface area contributed by atoms with Crippen molar-refractivity contribution in [3.8, 4) is 28.5 Å². The molecule has 0 saturated carbocycles. The Labute approximate surface area is 160 Å². The maximum Gasteiger partial charge on any atom is 0.264 e. The topological polar surface area (TPSA) is 93.4 Å². The summed E-state index contributed by atoms with van der Waals surface area (Å²) in [7, 11) is 0. The van der Waals surface area contributed by atoms with Crippen LogP contribution in [0.4, 0.5) is 0 Å². The van der Waals surface area contributed by atoms with Gasteiger partial charge in [-0.1, -0.05) is 12.1 Å². The summed E-state index contributed by atoms with van der Waals surface area (Å²) in [5.41, 5.74) is 5.55. The Morgan fingerprint density at radius 1 is 1.11 bits per heavy atom. The summed E-state index contributed by atoms with van der Waals surface area (Å²) in [6, 6.07) is 11.4. The molecular weight excluding hydrogens is 354 g/mol. The van der Waals surface area contributed by atoms with Gasteiger partial charge < -0.3 is 5.32 Å². The molecular formula is C20H19N7O. The highest BCUT2D eigenvalue weighted by Gasteiger charge is 2.17. The first-order valence-corrected chi connectivity index (χ1v) is 9.17. The number of hydrogen-bond donors (Lipinski definition) is 2. The molecule has 0 amide bonds. The van der Waals surface area contributed by atoms with Gasteiger partial charge in [-0.2, -0.15) is 10.2 Å². The van der Waals surface area contributed by atoms with Crippen LogP contribution in [0, 0.1) is 6.92 Å². The van der Waals surface area contributed by atoms with Crippen molar-refractivity contribution in [3.63, 3.8) is 0 Å². The highest BCUT2D eigenvalue weighted by atomic mass is 16.1. The summed E-state index contributed by atoms with van der Waals surface area (Å²) in [5, 5.41) is 14.7. The normalized spacial score (nSPS) is 13.5. The van der Waals surface area contributed by atoms with Crippen molar-refractivity contribution in [3.05, 3.63) is 70.4 Å². The second kappa shape index (κ2) is 6.58. The standard InChI is InChI=1S/C20H19N7O/c1-13-2-3-14(16-4-5-19(28)24-23-16)10-18(13)26-8-7-22-20(26)17-11-15-12-21-6-9-27(15)25-17/h2-5,7-8,10-11,21H,6,9,12H2,1H3,(H,24,28). The number of nitrogens with one attached hydrogen (secondary N) is 2. The molecule has 0 aliphatic carbocycles. The molecule has 140 valence electrons. The minimum absolute atomic E-state index is 0.216. The molecule has 1 aliphatic rings. The highest BCUT2D eigenvalue weighted by molar-refractivity contribution is 5.65. The maximum atomic E-state index is 11.3. The van der Waals surface area contributed by atoms with E-state index in [1.165, 1.54) is 11.8 Å². The first kappa shape index (κ1) is 16.6. The van der Waals surface area contributed by atoms with Gasteiger partial charge in [-0.25, -0.2) is 10.1 Å². The minimum atomic E-state index is -0.216. The number of benzene rings is 1. The molecule has 0 atom stereocenters. The van der Waals surface area contributed by atoms with Crippen LogP contribution in [0.15, 0.2) is 53.6 Å². The summed E-state index contributed by atoms with van der Waals surface area (Å²) < 4.78 is 4.09. The summed E-state index contributed by atoms with van der Waals surface area (Å²) >= 11 is 0. The molecule has 4 heterocycles. The Kier molecular flexibility index (Phi) is 3.91. The Bertz CT molecular complexity index is 1170. The lowest BCUT2D eigenvalue weighted by atomic mass is 10.1. The van der Waals surface area contributed by atoms with Gasteiger partial charge in [0.1, 0.15) is 5.69 Å². The van der Waals surface area contributed by atoms with Crippen molar-refractivity contribution in [2.45, 2.75) is 20.0 Å². The first-order valence-electron chi connectivity index (χ1n) is 9.17. The van der Waals surface area contributed by atoms with E-state index in [1.807, 2.05) is 27.6 Å². The number of imidazole rings is 1. The van der Waals surface area contributed by atoms with Crippen molar-refractivity contribution in [1.82, 2.24) is 34.8 Å². The van der Waals surface area contributed by atoms with Gasteiger partial charge in [0.05, 0.1) is 23.6 Å². The van der Waals surface area contributed by atoms with Crippen LogP contribution in [-0.2, 0) is 13.1 Å². The molecule has 0 bridgehead atoms. The van der Waals surface area contributed by atoms with E-state index in [2.05, 4.69) is 39.6 Å². The molecule has 1 aromatic carbocycles. The summed E-state index contributed by atoms with van der Waals surface area (Å²) in [5.74, 6) is 0.802. The number of hydrogen-bond acceptors (Lipinski definition) is 5. The molecule has 5 rings (SSSR count). The van der Waals surface area contributed by atoms with Crippen LogP contribution in [0.5, 0.6) is 0 Å². The quantitative estimate of drug-likeness (QED) is 0.572. The van der Waals surface area contributed by atoms with Crippen molar-refractivity contribution >= 4 is 0 Å². The third kappa shape index (κ3) is 2.84. The molecule has 3 aromatic heterocycles. The average molecular weight is 373 g/mol. The lowest BCUT2D eigenvalue weighted by Gasteiger charge is -2.13. The summed E-state index contributed by atoms with van der Waals surface area (Å²) in [6.45, 7) is 4.67. The number of aryl methyl sites for hydroxylation is 1. The van der Waals surface area contributed by atoms with Crippen molar-refractivity contribution < 1.29 is 0 Å². The van der Waals surface area contributed by atoms with Gasteiger partial charge in [0.2, 0.25) is 0 Å². The van der Waals surface area contributed by atoms with E-state index in [4.69, 9.17) is 5.10 Å². The van der Waals surface area contributed by atoms with Crippen LogP contribution >= 0.6 is 0 Å². The van der Waals surface area contributed by atoms with Crippen LogP contribution in [-0.4, -0.2) is 36.1 Å². The molecule has 8 nitrogen and oxygen atoms in total. The number of aromatic nitrogens is 6. The fourth-order valence-corrected chi connectivity index (χ4v) is 3.52. The average Bonchev–Trinajstić information content (AvgIpc) is 3.35. The van der Waals surface area contributed by atoms with Crippen LogP contribution in [0.1, 0.15) is 11.3 Å². The summed E-state index contributed by atoms with van der Waals surface area (Å²) in [4.78, 5) is 15.9. The van der Waals surface area contributed by atoms with Gasteiger partial charge in [-0.05, 0) is 30.7 Å². The largest absolute Gasteiger partial charge is 0.309 e. The monoisotopic (exact) mass is 373 g/mol. The van der Waals surface area contributed by atoms with E-state index < -0.39 is 0 Å². The zero-order valence-corrected chi connectivity index (χ0v) is 15.4. The van der Waals surface area contributed by atoms with Gasteiger partial charge in [0.15, 0.2) is 5.82 Å². The molecule has 8 heteroatoms. The molecule has 0 saturated heterocycles. The first-order chi connectivity index (χ1) is 13.7. The molecule has 0 fully saturated rings. The fourth-order valence-electron chi connectivity index (χ4n) is 3.52. The van der Waals surface area contributed by atoms with Crippen molar-refractivity contribution in [2.75, 3.05) is 6.54 Å². The van der Waals surface area contributed by atoms with Crippen molar-refractivity contribution in [1.29, 1.82) is 0 Å². The van der Waals surface area contributed by atoms with E-state index in [-0.39, 0.29) is 5.56 Å². The van der Waals surface area contributed by atoms with Crippen molar-refractivity contribution in [2.24, 2.45) is 0 Å². The molecule has 1 aliphatic heterocycles. The predicted octanol–water partition coefficient (Wildman–Crippen LogP) is 1.90. The third-order valence-electron chi connectivity index (χ3n) is 4.98. The zero-order valence-electron chi connectivity index (χ0n) is 15.4. The van der Waals surface area contributed by atoms with E-state index in [0.29, 0.717) is 5.69 Å². The minimum Gasteiger partial charge on any atom is -0.309 e. The third-order valence-corrected chi connectivity index (χ3v) is 4.98. The SMILES string of the molecule is Cc1ccc(-c2ccc(=O)[nH]n2)cc1-n1ccnc1-c1cc2n(n1)CCNC2.